The Morgan fingerprint density at radius 3 is 2.45 bits per heavy atom. The number of methoxy groups -OCH3 is 2. The molecule has 0 bridgehead atoms. The lowest BCUT2D eigenvalue weighted by Crippen LogP contribution is -2.52. The van der Waals surface area contributed by atoms with Crippen LogP contribution in [0.15, 0.2) is 35.7 Å². The Kier molecular flexibility index (Phi) is 7.52. The van der Waals surface area contributed by atoms with E-state index in [1.165, 1.54) is 4.88 Å². The van der Waals surface area contributed by atoms with Crippen molar-refractivity contribution < 1.29 is 14.3 Å². The van der Waals surface area contributed by atoms with E-state index in [9.17, 15) is 4.79 Å². The van der Waals surface area contributed by atoms with Gasteiger partial charge in [0.1, 0.15) is 0 Å². The van der Waals surface area contributed by atoms with Crippen molar-refractivity contribution in [2.75, 3.05) is 46.9 Å². The zero-order valence-corrected chi connectivity index (χ0v) is 18.5. The van der Waals surface area contributed by atoms with Gasteiger partial charge < -0.3 is 19.7 Å². The fraction of sp³-hybridized carbons (Fsp3) is 0.500. The Bertz CT molecular complexity index is 789. The molecule has 0 radical (unpaired) electrons. The number of likely N-dealkylation sites (N-methyl/N-ethyl adjacent to an activating group) is 1. The summed E-state index contributed by atoms with van der Waals surface area (Å²) in [7, 11) is 3.16. The third kappa shape index (κ3) is 5.10. The van der Waals surface area contributed by atoms with Gasteiger partial charge >= 0.3 is 0 Å². The van der Waals surface area contributed by atoms with E-state index in [1.807, 2.05) is 0 Å². The summed E-state index contributed by atoms with van der Waals surface area (Å²) in [5, 5.41) is 5.32. The van der Waals surface area contributed by atoms with E-state index in [0.717, 1.165) is 32.7 Å². The van der Waals surface area contributed by atoms with Gasteiger partial charge in [0.25, 0.3) is 5.91 Å². The maximum Gasteiger partial charge on any atom is 0.251 e. The van der Waals surface area contributed by atoms with Crippen molar-refractivity contribution in [1.29, 1.82) is 0 Å². The van der Waals surface area contributed by atoms with Gasteiger partial charge in [-0.3, -0.25) is 9.69 Å². The summed E-state index contributed by atoms with van der Waals surface area (Å²) in [6.07, 6.45) is 0. The number of hydrogen-bond donors (Lipinski definition) is 1. The molecular weight excluding hydrogens is 386 g/mol. The van der Waals surface area contributed by atoms with E-state index >= 15 is 0 Å². The Hall–Kier alpha value is -2.09. The highest BCUT2D eigenvalue weighted by molar-refractivity contribution is 7.10. The van der Waals surface area contributed by atoms with E-state index in [0.29, 0.717) is 17.1 Å². The molecule has 1 aliphatic rings. The van der Waals surface area contributed by atoms with Crippen molar-refractivity contribution >= 4 is 17.2 Å². The first kappa shape index (κ1) is 21.6. The summed E-state index contributed by atoms with van der Waals surface area (Å²) in [4.78, 5) is 19.2. The number of nitrogens with one attached hydrogen (secondary N) is 1. The summed E-state index contributed by atoms with van der Waals surface area (Å²) in [6.45, 7) is 9.53. The van der Waals surface area contributed by atoms with Gasteiger partial charge in [0, 0.05) is 42.7 Å². The maximum atomic E-state index is 12.9. The van der Waals surface area contributed by atoms with Gasteiger partial charge in [-0.05, 0) is 43.1 Å². The minimum Gasteiger partial charge on any atom is -0.493 e. The Morgan fingerprint density at radius 2 is 1.86 bits per heavy atom. The minimum absolute atomic E-state index is 0.0255. The van der Waals surface area contributed by atoms with Crippen LogP contribution in [0.2, 0.25) is 0 Å². The number of rotatable bonds is 8. The van der Waals surface area contributed by atoms with E-state index in [2.05, 4.69) is 46.5 Å². The number of thiophene rings is 1. The lowest BCUT2D eigenvalue weighted by Gasteiger charge is -2.41. The normalized spacial score (nSPS) is 17.5. The average molecular weight is 418 g/mol. The van der Waals surface area contributed by atoms with Gasteiger partial charge in [0.15, 0.2) is 11.5 Å². The molecule has 0 spiro atoms. The van der Waals surface area contributed by atoms with Gasteiger partial charge in [0.05, 0.1) is 20.3 Å². The molecular formula is C22H31N3O3S. The molecule has 6 nitrogen and oxygen atoms in total. The molecule has 7 heteroatoms. The Morgan fingerprint density at radius 1 is 1.14 bits per heavy atom. The molecule has 2 aromatic rings. The van der Waals surface area contributed by atoms with Gasteiger partial charge in [0.2, 0.25) is 0 Å². The lowest BCUT2D eigenvalue weighted by atomic mass is 10.0. The molecule has 1 fully saturated rings. The summed E-state index contributed by atoms with van der Waals surface area (Å²) >= 11 is 1.75. The van der Waals surface area contributed by atoms with Gasteiger partial charge in [-0.25, -0.2) is 0 Å². The van der Waals surface area contributed by atoms with Crippen molar-refractivity contribution in [2.45, 2.75) is 25.9 Å². The smallest absolute Gasteiger partial charge is 0.251 e. The molecule has 3 rings (SSSR count). The first-order valence-corrected chi connectivity index (χ1v) is 11.0. The molecule has 1 amide bonds. The second-order valence-electron chi connectivity index (χ2n) is 7.26. The third-order valence-corrected chi connectivity index (χ3v) is 6.50. The lowest BCUT2D eigenvalue weighted by molar-refractivity contribution is 0.0753. The molecule has 158 valence electrons. The zero-order valence-electron chi connectivity index (χ0n) is 17.7. The van der Waals surface area contributed by atoms with E-state index in [-0.39, 0.29) is 18.0 Å². The van der Waals surface area contributed by atoms with Crippen LogP contribution in [0.3, 0.4) is 0 Å². The van der Waals surface area contributed by atoms with Crippen LogP contribution in [0, 0.1) is 0 Å². The minimum atomic E-state index is -0.104. The van der Waals surface area contributed by atoms with Crippen LogP contribution in [0.4, 0.5) is 0 Å². The molecule has 0 unspecified atom stereocenters. The molecule has 1 aliphatic heterocycles. The molecule has 1 saturated heterocycles. The van der Waals surface area contributed by atoms with Crippen molar-refractivity contribution in [1.82, 2.24) is 15.1 Å². The average Bonchev–Trinajstić information content (AvgIpc) is 3.28. The molecule has 0 saturated carbocycles. The van der Waals surface area contributed by atoms with E-state index < -0.39 is 0 Å². The van der Waals surface area contributed by atoms with Crippen LogP contribution in [-0.2, 0) is 0 Å². The number of ether oxygens (including phenoxy) is 2. The van der Waals surface area contributed by atoms with Crippen LogP contribution < -0.4 is 14.8 Å². The topological polar surface area (TPSA) is 54.0 Å². The maximum absolute atomic E-state index is 12.9. The second kappa shape index (κ2) is 10.1. The number of carbonyl (C=O) groups excluding carboxylic acids is 1. The number of carbonyl (C=O) groups is 1. The number of amides is 1. The highest BCUT2D eigenvalue weighted by atomic mass is 32.1. The standard InChI is InChI=1S/C22H31N3O3S/c1-5-24-10-12-25(13-11-24)21(20-7-6-14-29-20)16(2)23-22(26)17-8-9-18(27-3)19(15-17)28-4/h6-9,14-16,21H,5,10-13H2,1-4H3,(H,23,26)/t16-,21-/m0/s1. The van der Waals surface area contributed by atoms with Gasteiger partial charge in [-0.2, -0.15) is 0 Å². The molecule has 1 aromatic carbocycles. The predicted octanol–water partition coefficient (Wildman–Crippen LogP) is 3.26. The summed E-state index contributed by atoms with van der Waals surface area (Å²) < 4.78 is 10.6. The summed E-state index contributed by atoms with van der Waals surface area (Å²) in [6, 6.07) is 9.64. The number of hydrogen-bond acceptors (Lipinski definition) is 6. The highest BCUT2D eigenvalue weighted by Gasteiger charge is 2.30. The van der Waals surface area contributed by atoms with Crippen molar-refractivity contribution in [3.8, 4) is 11.5 Å². The van der Waals surface area contributed by atoms with Crippen LogP contribution >= 0.6 is 11.3 Å². The van der Waals surface area contributed by atoms with Crippen LogP contribution in [0.25, 0.3) is 0 Å². The molecule has 2 heterocycles. The molecule has 1 aromatic heterocycles. The van der Waals surface area contributed by atoms with E-state index in [4.69, 9.17) is 9.47 Å². The predicted molar refractivity (Wildman–Crippen MR) is 117 cm³/mol. The van der Waals surface area contributed by atoms with Crippen molar-refractivity contribution in [3.05, 3.63) is 46.2 Å². The molecule has 0 aliphatic carbocycles. The molecule has 1 N–H and O–H groups in total. The first-order chi connectivity index (χ1) is 14.1. The highest BCUT2D eigenvalue weighted by Crippen LogP contribution is 2.30. The van der Waals surface area contributed by atoms with Gasteiger partial charge in [-0.15, -0.1) is 11.3 Å². The zero-order chi connectivity index (χ0) is 20.8. The van der Waals surface area contributed by atoms with Crippen LogP contribution in [0.1, 0.15) is 35.1 Å². The largest absolute Gasteiger partial charge is 0.493 e. The number of benzene rings is 1. The quantitative estimate of drug-likeness (QED) is 0.715. The second-order valence-corrected chi connectivity index (χ2v) is 8.24. The Labute approximate surface area is 177 Å². The van der Waals surface area contributed by atoms with Crippen LogP contribution in [-0.4, -0.2) is 68.7 Å². The SMILES string of the molecule is CCN1CCN([C@H](c2cccs2)[C@H](C)NC(=O)c2ccc(OC)c(OC)c2)CC1. The number of piperazine rings is 1. The van der Waals surface area contributed by atoms with Crippen molar-refractivity contribution in [2.24, 2.45) is 0 Å². The van der Waals surface area contributed by atoms with Gasteiger partial charge in [-0.1, -0.05) is 13.0 Å². The molecule has 29 heavy (non-hydrogen) atoms. The third-order valence-electron chi connectivity index (χ3n) is 5.56. The van der Waals surface area contributed by atoms with Crippen LogP contribution in [0.5, 0.6) is 11.5 Å². The van der Waals surface area contributed by atoms with Crippen molar-refractivity contribution in [3.63, 3.8) is 0 Å². The molecule has 2 atom stereocenters. The summed E-state index contributed by atoms with van der Waals surface area (Å²) in [5.41, 5.74) is 0.565. The monoisotopic (exact) mass is 417 g/mol. The number of nitrogens with zero attached hydrogens (tertiary/aromatic N) is 2. The van der Waals surface area contributed by atoms with E-state index in [1.54, 1.807) is 43.8 Å². The fourth-order valence-corrected chi connectivity index (χ4v) is 4.87. The Balaban J connectivity index is 1.75. The first-order valence-electron chi connectivity index (χ1n) is 10.1. The fourth-order valence-electron chi connectivity index (χ4n) is 3.91. The summed E-state index contributed by atoms with van der Waals surface area (Å²) in [5.74, 6) is 1.06.